The van der Waals surface area contributed by atoms with Crippen LogP contribution in [0.2, 0.25) is 0 Å². The summed E-state index contributed by atoms with van der Waals surface area (Å²) in [5.41, 5.74) is 11.7. The van der Waals surface area contributed by atoms with Crippen molar-refractivity contribution in [2.75, 3.05) is 0 Å². The van der Waals surface area contributed by atoms with E-state index in [1.807, 2.05) is 13.0 Å². The first-order valence-corrected chi connectivity index (χ1v) is 6.43. The molecule has 0 radical (unpaired) electrons. The molecule has 0 atom stereocenters. The van der Waals surface area contributed by atoms with Crippen molar-refractivity contribution in [3.8, 4) is 11.3 Å². The maximum Gasteiger partial charge on any atom is 0.255 e. The van der Waals surface area contributed by atoms with Crippen LogP contribution in [0.5, 0.6) is 0 Å². The van der Waals surface area contributed by atoms with E-state index < -0.39 is 0 Å². The Hall–Kier alpha value is -1.87. The second kappa shape index (κ2) is 5.02. The Morgan fingerprint density at radius 1 is 1.11 bits per heavy atom. The minimum Gasteiger partial charge on any atom is -0.326 e. The summed E-state index contributed by atoms with van der Waals surface area (Å²) in [5.74, 6) is 0. The molecule has 1 aromatic heterocycles. The highest BCUT2D eigenvalue weighted by Gasteiger charge is 2.12. The molecule has 0 aliphatic rings. The fourth-order valence-corrected chi connectivity index (χ4v) is 2.39. The fraction of sp³-hybridized carbons (Fsp3) is 0.312. The van der Waals surface area contributed by atoms with Crippen LogP contribution in [-0.4, -0.2) is 4.57 Å². The summed E-state index contributed by atoms with van der Waals surface area (Å²) in [6, 6.07) is 8.33. The van der Waals surface area contributed by atoms with Crippen molar-refractivity contribution in [2.24, 2.45) is 12.8 Å². The van der Waals surface area contributed by atoms with Crippen molar-refractivity contribution < 1.29 is 0 Å². The van der Waals surface area contributed by atoms with Gasteiger partial charge in [-0.3, -0.25) is 4.79 Å². The molecule has 0 amide bonds. The van der Waals surface area contributed by atoms with Crippen molar-refractivity contribution in [3.05, 3.63) is 56.9 Å². The minimum absolute atomic E-state index is 0.00148. The Balaban J connectivity index is 2.77. The zero-order valence-electron chi connectivity index (χ0n) is 11.9. The monoisotopic (exact) mass is 256 g/mol. The summed E-state index contributed by atoms with van der Waals surface area (Å²) in [6.45, 7) is 6.34. The van der Waals surface area contributed by atoms with E-state index in [-0.39, 0.29) is 12.1 Å². The smallest absolute Gasteiger partial charge is 0.255 e. The van der Waals surface area contributed by atoms with Crippen LogP contribution in [0.1, 0.15) is 22.3 Å². The number of nitrogens with two attached hydrogens (primary N) is 1. The molecule has 0 unspecified atom stereocenters. The summed E-state index contributed by atoms with van der Waals surface area (Å²) in [6.07, 6.45) is 0. The summed E-state index contributed by atoms with van der Waals surface area (Å²) >= 11 is 0. The third kappa shape index (κ3) is 2.34. The summed E-state index contributed by atoms with van der Waals surface area (Å²) in [7, 11) is 1.80. The highest BCUT2D eigenvalue weighted by Crippen LogP contribution is 2.24. The van der Waals surface area contributed by atoms with E-state index in [4.69, 9.17) is 5.73 Å². The van der Waals surface area contributed by atoms with Gasteiger partial charge in [-0.05, 0) is 44.0 Å². The predicted octanol–water partition coefficient (Wildman–Crippen LogP) is 2.44. The van der Waals surface area contributed by atoms with Gasteiger partial charge in [0.1, 0.15) is 0 Å². The molecule has 100 valence electrons. The Kier molecular flexibility index (Phi) is 3.58. The van der Waals surface area contributed by atoms with Crippen LogP contribution in [0.15, 0.2) is 29.1 Å². The average Bonchev–Trinajstić information content (AvgIpc) is 2.37. The number of pyridine rings is 1. The van der Waals surface area contributed by atoms with Gasteiger partial charge in [-0.2, -0.15) is 0 Å². The highest BCUT2D eigenvalue weighted by atomic mass is 16.1. The second-order valence-corrected chi connectivity index (χ2v) is 5.08. The molecule has 0 spiro atoms. The number of hydrogen-bond acceptors (Lipinski definition) is 2. The SMILES string of the molecule is Cc1ccc(C)c(-c2cc(C)c(CN)c(=O)n2C)c1. The van der Waals surface area contributed by atoms with Crippen LogP contribution in [-0.2, 0) is 13.6 Å². The van der Waals surface area contributed by atoms with Gasteiger partial charge in [-0.15, -0.1) is 0 Å². The number of hydrogen-bond donors (Lipinski definition) is 1. The third-order valence-corrected chi connectivity index (χ3v) is 3.63. The molecule has 0 aliphatic heterocycles. The first-order valence-electron chi connectivity index (χ1n) is 6.43. The highest BCUT2D eigenvalue weighted by molar-refractivity contribution is 5.65. The van der Waals surface area contributed by atoms with Gasteiger partial charge in [-0.1, -0.05) is 17.7 Å². The Bertz CT molecular complexity index is 684. The molecule has 0 bridgehead atoms. The second-order valence-electron chi connectivity index (χ2n) is 5.08. The van der Waals surface area contributed by atoms with Gasteiger partial charge in [0, 0.05) is 24.7 Å². The van der Waals surface area contributed by atoms with Crippen LogP contribution in [0.4, 0.5) is 0 Å². The van der Waals surface area contributed by atoms with Crippen molar-refractivity contribution >= 4 is 0 Å². The topological polar surface area (TPSA) is 48.0 Å². The predicted molar refractivity (Wildman–Crippen MR) is 79.2 cm³/mol. The van der Waals surface area contributed by atoms with E-state index in [9.17, 15) is 4.79 Å². The summed E-state index contributed by atoms with van der Waals surface area (Å²) in [4.78, 5) is 12.3. The molecule has 3 heteroatoms. The van der Waals surface area contributed by atoms with Crippen molar-refractivity contribution in [2.45, 2.75) is 27.3 Å². The molecule has 0 fully saturated rings. The largest absolute Gasteiger partial charge is 0.326 e. The lowest BCUT2D eigenvalue weighted by molar-refractivity contribution is 0.830. The van der Waals surface area contributed by atoms with Crippen LogP contribution in [0.3, 0.4) is 0 Å². The lowest BCUT2D eigenvalue weighted by atomic mass is 9.99. The molecule has 2 rings (SSSR count). The zero-order valence-corrected chi connectivity index (χ0v) is 11.9. The molecule has 19 heavy (non-hydrogen) atoms. The average molecular weight is 256 g/mol. The van der Waals surface area contributed by atoms with Gasteiger partial charge in [0.2, 0.25) is 0 Å². The van der Waals surface area contributed by atoms with E-state index in [1.54, 1.807) is 11.6 Å². The summed E-state index contributed by atoms with van der Waals surface area (Å²) < 4.78 is 1.69. The van der Waals surface area contributed by atoms with Gasteiger partial charge in [0.15, 0.2) is 0 Å². The maximum absolute atomic E-state index is 12.3. The Morgan fingerprint density at radius 3 is 2.42 bits per heavy atom. The number of benzene rings is 1. The van der Waals surface area contributed by atoms with Gasteiger partial charge < -0.3 is 10.3 Å². The first-order chi connectivity index (χ1) is 8.95. The van der Waals surface area contributed by atoms with Gasteiger partial charge in [-0.25, -0.2) is 0 Å². The lowest BCUT2D eigenvalue weighted by Gasteiger charge is -2.15. The molecular weight excluding hydrogens is 236 g/mol. The molecule has 0 aliphatic carbocycles. The molecule has 2 aromatic rings. The van der Waals surface area contributed by atoms with Gasteiger partial charge in [0.05, 0.1) is 5.69 Å². The number of nitrogens with zero attached hydrogens (tertiary/aromatic N) is 1. The van der Waals surface area contributed by atoms with E-state index >= 15 is 0 Å². The Morgan fingerprint density at radius 2 is 1.79 bits per heavy atom. The quantitative estimate of drug-likeness (QED) is 0.897. The normalized spacial score (nSPS) is 10.8. The van der Waals surface area contributed by atoms with E-state index in [0.717, 1.165) is 16.8 Å². The molecule has 0 saturated heterocycles. The standard InChI is InChI=1S/C16H20N2O/c1-10-5-6-11(2)13(7-10)15-8-12(3)14(9-17)16(19)18(15)4/h5-8H,9,17H2,1-4H3. The van der Waals surface area contributed by atoms with Crippen LogP contribution in [0.25, 0.3) is 11.3 Å². The zero-order chi connectivity index (χ0) is 14.2. The molecule has 1 aromatic carbocycles. The molecule has 0 saturated carbocycles. The lowest BCUT2D eigenvalue weighted by Crippen LogP contribution is -2.25. The number of aryl methyl sites for hydroxylation is 3. The third-order valence-electron chi connectivity index (χ3n) is 3.63. The van der Waals surface area contributed by atoms with Crippen molar-refractivity contribution in [3.63, 3.8) is 0 Å². The van der Waals surface area contributed by atoms with Gasteiger partial charge in [0.25, 0.3) is 5.56 Å². The maximum atomic E-state index is 12.3. The van der Waals surface area contributed by atoms with Crippen molar-refractivity contribution in [1.82, 2.24) is 4.57 Å². The number of aromatic nitrogens is 1. The fourth-order valence-electron chi connectivity index (χ4n) is 2.39. The van der Waals surface area contributed by atoms with Crippen LogP contribution >= 0.6 is 0 Å². The molecule has 2 N–H and O–H groups in total. The van der Waals surface area contributed by atoms with Crippen LogP contribution < -0.4 is 11.3 Å². The minimum atomic E-state index is -0.00148. The van der Waals surface area contributed by atoms with Gasteiger partial charge >= 0.3 is 0 Å². The molecule has 3 nitrogen and oxygen atoms in total. The van der Waals surface area contributed by atoms with Crippen molar-refractivity contribution in [1.29, 1.82) is 0 Å². The Labute approximate surface area is 113 Å². The van der Waals surface area contributed by atoms with E-state index in [1.165, 1.54) is 11.1 Å². The molecule has 1 heterocycles. The van der Waals surface area contributed by atoms with E-state index in [0.29, 0.717) is 5.56 Å². The van der Waals surface area contributed by atoms with Crippen LogP contribution in [0, 0.1) is 20.8 Å². The first kappa shape index (κ1) is 13.6. The van der Waals surface area contributed by atoms with E-state index in [2.05, 4.69) is 32.0 Å². The summed E-state index contributed by atoms with van der Waals surface area (Å²) in [5, 5.41) is 0. The molecular formula is C16H20N2O. The number of rotatable bonds is 2.